The summed E-state index contributed by atoms with van der Waals surface area (Å²) >= 11 is 0. The van der Waals surface area contributed by atoms with E-state index in [-0.39, 0.29) is 0 Å². The van der Waals surface area contributed by atoms with E-state index < -0.39 is 0 Å². The van der Waals surface area contributed by atoms with Crippen LogP contribution >= 0.6 is 0 Å². The highest BCUT2D eigenvalue weighted by molar-refractivity contribution is 5.98. The van der Waals surface area contributed by atoms with Gasteiger partial charge in [0, 0.05) is 10.9 Å². The molecule has 27 heavy (non-hydrogen) atoms. The maximum Gasteiger partial charge on any atom is 0.0715 e. The molecule has 0 atom stereocenters. The number of hydrogen-bond donors (Lipinski definition) is 0. The van der Waals surface area contributed by atoms with Crippen LogP contribution in [0, 0.1) is 13.8 Å². The van der Waals surface area contributed by atoms with E-state index in [4.69, 9.17) is 4.98 Å². The topological polar surface area (TPSA) is 12.9 Å². The predicted octanol–water partition coefficient (Wildman–Crippen LogP) is 7.22. The molecule has 0 spiro atoms. The molecule has 1 heteroatoms. The average Bonchev–Trinajstić information content (AvgIpc) is 2.66. The zero-order chi connectivity index (χ0) is 19.0. The highest BCUT2D eigenvalue weighted by atomic mass is 14.7. The van der Waals surface area contributed by atoms with Gasteiger partial charge in [0.2, 0.25) is 0 Å². The molecule has 0 N–H and O–H groups in total. The predicted molar refractivity (Wildman–Crippen MR) is 117 cm³/mol. The van der Waals surface area contributed by atoms with Crippen LogP contribution in [0.25, 0.3) is 38.9 Å². The molecule has 4 rings (SSSR count). The Balaban J connectivity index is 1.90. The van der Waals surface area contributed by atoms with Gasteiger partial charge in [-0.3, -0.25) is 0 Å². The number of aromatic nitrogens is 1. The van der Waals surface area contributed by atoms with Gasteiger partial charge < -0.3 is 0 Å². The summed E-state index contributed by atoms with van der Waals surface area (Å²) in [7, 11) is 0. The summed E-state index contributed by atoms with van der Waals surface area (Å²) < 4.78 is 0. The monoisotopic (exact) mass is 349 g/mol. The first-order chi connectivity index (χ1) is 13.0. The standard InChI is InChI=1S/C26H23N/c1-17(2)21-8-5-6-9-22(21)23-10-7-11-26-24(23)12-13-25(27-26)20-15-18(3)14-19(4)16-20/h5-16H,1H2,2-4H3. The Hall–Kier alpha value is -3.19. The van der Waals surface area contributed by atoms with Crippen LogP contribution in [-0.2, 0) is 0 Å². The van der Waals surface area contributed by atoms with E-state index in [1.54, 1.807) is 0 Å². The number of allylic oxidation sites excluding steroid dienone is 1. The minimum absolute atomic E-state index is 1.01. The quantitative estimate of drug-likeness (QED) is 0.380. The van der Waals surface area contributed by atoms with Crippen molar-refractivity contribution < 1.29 is 0 Å². The highest BCUT2D eigenvalue weighted by Crippen LogP contribution is 2.34. The highest BCUT2D eigenvalue weighted by Gasteiger charge is 2.10. The van der Waals surface area contributed by atoms with E-state index in [0.717, 1.165) is 16.8 Å². The lowest BCUT2D eigenvalue weighted by Crippen LogP contribution is -1.91. The molecule has 0 saturated heterocycles. The van der Waals surface area contributed by atoms with Crippen LogP contribution in [0.1, 0.15) is 23.6 Å². The van der Waals surface area contributed by atoms with Gasteiger partial charge in [0.05, 0.1) is 11.2 Å². The Labute approximate surface area is 161 Å². The second-order valence-corrected chi connectivity index (χ2v) is 7.27. The molecule has 132 valence electrons. The summed E-state index contributed by atoms with van der Waals surface area (Å²) in [5, 5.41) is 1.17. The Bertz CT molecular complexity index is 1150. The Kier molecular flexibility index (Phi) is 4.37. The molecule has 1 aromatic heterocycles. The summed E-state index contributed by atoms with van der Waals surface area (Å²) in [5.41, 5.74) is 10.4. The van der Waals surface area contributed by atoms with Gasteiger partial charge in [-0.2, -0.15) is 0 Å². The first-order valence-corrected chi connectivity index (χ1v) is 9.26. The second kappa shape index (κ2) is 6.85. The lowest BCUT2D eigenvalue weighted by atomic mass is 9.93. The number of fused-ring (bicyclic) bond motifs is 1. The van der Waals surface area contributed by atoms with Crippen LogP contribution in [0.3, 0.4) is 0 Å². The number of hydrogen-bond acceptors (Lipinski definition) is 1. The van der Waals surface area contributed by atoms with Gasteiger partial charge in [-0.25, -0.2) is 4.98 Å². The Morgan fingerprint density at radius 2 is 1.48 bits per heavy atom. The van der Waals surface area contributed by atoms with Crippen LogP contribution in [0.2, 0.25) is 0 Å². The van der Waals surface area contributed by atoms with Gasteiger partial charge in [0.15, 0.2) is 0 Å². The van der Waals surface area contributed by atoms with Crippen molar-refractivity contribution in [1.82, 2.24) is 4.98 Å². The zero-order valence-electron chi connectivity index (χ0n) is 16.1. The number of pyridine rings is 1. The minimum atomic E-state index is 1.01. The number of nitrogens with zero attached hydrogens (tertiary/aromatic N) is 1. The third-order valence-corrected chi connectivity index (χ3v) is 4.93. The van der Waals surface area contributed by atoms with Gasteiger partial charge in [-0.15, -0.1) is 0 Å². The van der Waals surface area contributed by atoms with Crippen molar-refractivity contribution in [3.05, 3.63) is 96.1 Å². The third kappa shape index (κ3) is 3.29. The second-order valence-electron chi connectivity index (χ2n) is 7.27. The average molecular weight is 349 g/mol. The molecule has 0 aliphatic heterocycles. The van der Waals surface area contributed by atoms with Gasteiger partial charge in [0.25, 0.3) is 0 Å². The van der Waals surface area contributed by atoms with Gasteiger partial charge in [-0.05, 0) is 61.7 Å². The van der Waals surface area contributed by atoms with Crippen LogP contribution in [0.5, 0.6) is 0 Å². The molecule has 0 unspecified atom stereocenters. The number of rotatable bonds is 3. The number of aryl methyl sites for hydroxylation is 2. The van der Waals surface area contributed by atoms with Crippen molar-refractivity contribution >= 4 is 16.5 Å². The fourth-order valence-electron chi connectivity index (χ4n) is 3.76. The summed E-state index contributed by atoms with van der Waals surface area (Å²) in [6.07, 6.45) is 0. The van der Waals surface area contributed by atoms with E-state index in [1.165, 1.54) is 38.8 Å². The third-order valence-electron chi connectivity index (χ3n) is 4.93. The maximum atomic E-state index is 4.97. The van der Waals surface area contributed by atoms with Crippen molar-refractivity contribution in [2.45, 2.75) is 20.8 Å². The molecule has 1 heterocycles. The number of benzene rings is 3. The SMILES string of the molecule is C=C(C)c1ccccc1-c1cccc2nc(-c3cc(C)cc(C)c3)ccc12. The summed E-state index contributed by atoms with van der Waals surface area (Å²) in [6, 6.07) is 25.7. The molecule has 4 aromatic rings. The van der Waals surface area contributed by atoms with E-state index in [0.29, 0.717) is 0 Å². The van der Waals surface area contributed by atoms with Crippen LogP contribution in [0.15, 0.2) is 79.4 Å². The molecule has 0 bridgehead atoms. The summed E-state index contributed by atoms with van der Waals surface area (Å²) in [5.74, 6) is 0. The molecular formula is C26H23N. The molecule has 3 aromatic carbocycles. The van der Waals surface area contributed by atoms with Gasteiger partial charge in [0.1, 0.15) is 0 Å². The van der Waals surface area contributed by atoms with Gasteiger partial charge >= 0.3 is 0 Å². The first-order valence-electron chi connectivity index (χ1n) is 9.26. The van der Waals surface area contributed by atoms with E-state index >= 15 is 0 Å². The molecule has 0 fully saturated rings. The summed E-state index contributed by atoms with van der Waals surface area (Å²) in [6.45, 7) is 10.5. The molecule has 0 aliphatic rings. The van der Waals surface area contributed by atoms with E-state index in [2.05, 4.69) is 100 Å². The van der Waals surface area contributed by atoms with E-state index in [1.807, 2.05) is 0 Å². The smallest absolute Gasteiger partial charge is 0.0715 e. The maximum absolute atomic E-state index is 4.97. The summed E-state index contributed by atoms with van der Waals surface area (Å²) in [4.78, 5) is 4.97. The van der Waals surface area contributed by atoms with Crippen LogP contribution in [-0.4, -0.2) is 4.98 Å². The lowest BCUT2D eigenvalue weighted by molar-refractivity contribution is 1.34. The Morgan fingerprint density at radius 3 is 2.22 bits per heavy atom. The zero-order valence-corrected chi connectivity index (χ0v) is 16.1. The van der Waals surface area contributed by atoms with Crippen molar-refractivity contribution in [3.8, 4) is 22.4 Å². The van der Waals surface area contributed by atoms with Crippen molar-refractivity contribution in [2.24, 2.45) is 0 Å². The van der Waals surface area contributed by atoms with Crippen molar-refractivity contribution in [3.63, 3.8) is 0 Å². The molecule has 0 saturated carbocycles. The Morgan fingerprint density at radius 1 is 0.778 bits per heavy atom. The largest absolute Gasteiger partial charge is 0.248 e. The van der Waals surface area contributed by atoms with Gasteiger partial charge in [-0.1, -0.05) is 71.8 Å². The normalized spacial score (nSPS) is 10.9. The van der Waals surface area contributed by atoms with Crippen LogP contribution < -0.4 is 0 Å². The fourth-order valence-corrected chi connectivity index (χ4v) is 3.76. The van der Waals surface area contributed by atoms with E-state index in [9.17, 15) is 0 Å². The fraction of sp³-hybridized carbons (Fsp3) is 0.115. The first kappa shape index (κ1) is 17.2. The minimum Gasteiger partial charge on any atom is -0.248 e. The van der Waals surface area contributed by atoms with Crippen molar-refractivity contribution in [1.29, 1.82) is 0 Å². The molecule has 0 aliphatic carbocycles. The molecule has 0 amide bonds. The molecule has 0 radical (unpaired) electrons. The molecule has 1 nitrogen and oxygen atoms in total. The lowest BCUT2D eigenvalue weighted by Gasteiger charge is -2.13. The van der Waals surface area contributed by atoms with Crippen molar-refractivity contribution in [2.75, 3.05) is 0 Å². The molecular weight excluding hydrogens is 326 g/mol. The van der Waals surface area contributed by atoms with Crippen LogP contribution in [0.4, 0.5) is 0 Å².